The Kier molecular flexibility index (Phi) is 7.33. The fraction of sp³-hybridized carbons (Fsp3) is 0.429. The summed E-state index contributed by atoms with van der Waals surface area (Å²) in [6, 6.07) is 1.64. The number of rotatable bonds is 9. The molecule has 1 fully saturated rings. The fourth-order valence-electron chi connectivity index (χ4n) is 3.94. The van der Waals surface area contributed by atoms with Crippen molar-refractivity contribution < 1.29 is 22.5 Å². The lowest BCUT2D eigenvalue weighted by atomic mass is 10.1. The summed E-state index contributed by atoms with van der Waals surface area (Å²) in [6.07, 6.45) is 7.21. The van der Waals surface area contributed by atoms with Crippen LogP contribution < -0.4 is 5.32 Å². The summed E-state index contributed by atoms with van der Waals surface area (Å²) in [5.41, 5.74) is 1.29. The van der Waals surface area contributed by atoms with E-state index in [4.69, 9.17) is 15.8 Å². The maximum atomic E-state index is 13.3. The van der Waals surface area contributed by atoms with Gasteiger partial charge in [-0.3, -0.25) is 13.7 Å². The summed E-state index contributed by atoms with van der Waals surface area (Å²) < 4.78 is 29.1. The van der Waals surface area contributed by atoms with Gasteiger partial charge in [0, 0.05) is 29.2 Å². The second-order valence-electron chi connectivity index (χ2n) is 8.29. The quantitative estimate of drug-likeness (QED) is 0.319. The predicted octanol–water partition coefficient (Wildman–Crippen LogP) is 2.50. The maximum Gasteiger partial charge on any atom is 0.264 e. The summed E-state index contributed by atoms with van der Waals surface area (Å²) in [6.45, 7) is 2.35. The molecule has 0 aliphatic heterocycles. The van der Waals surface area contributed by atoms with Crippen molar-refractivity contribution in [3.63, 3.8) is 0 Å². The van der Waals surface area contributed by atoms with E-state index in [9.17, 15) is 18.3 Å². The van der Waals surface area contributed by atoms with E-state index in [1.54, 1.807) is 17.1 Å². The topological polar surface area (TPSA) is 136 Å². The average Bonchev–Trinajstić information content (AvgIpc) is 3.45. The van der Waals surface area contributed by atoms with E-state index >= 15 is 0 Å². The van der Waals surface area contributed by atoms with E-state index in [1.807, 2.05) is 13.0 Å². The number of hydrogen-bond acceptors (Lipinski definition) is 10. The lowest BCUT2D eigenvalue weighted by molar-refractivity contribution is 0.101. The van der Waals surface area contributed by atoms with Crippen LogP contribution in [0.5, 0.6) is 0 Å². The summed E-state index contributed by atoms with van der Waals surface area (Å²) in [4.78, 5) is 23.1. The van der Waals surface area contributed by atoms with Gasteiger partial charge in [-0.25, -0.2) is 9.97 Å². The molecule has 1 aliphatic carbocycles. The first-order chi connectivity index (χ1) is 16.1. The molecular formula is C21H24ClN5O5S2. The van der Waals surface area contributed by atoms with Crippen LogP contribution in [0, 0.1) is 12.8 Å². The number of aromatic nitrogens is 4. The number of halogens is 1. The molecule has 4 rings (SSSR count). The first-order valence-corrected chi connectivity index (χ1v) is 13.5. The van der Waals surface area contributed by atoms with E-state index in [2.05, 4.69) is 20.4 Å². The lowest BCUT2D eigenvalue weighted by Gasteiger charge is -2.15. The van der Waals surface area contributed by atoms with Crippen LogP contribution in [0.1, 0.15) is 38.5 Å². The summed E-state index contributed by atoms with van der Waals surface area (Å²) >= 11 is 7.32. The van der Waals surface area contributed by atoms with Gasteiger partial charge in [-0.1, -0.05) is 11.6 Å². The highest BCUT2D eigenvalue weighted by molar-refractivity contribution is 7.85. The van der Waals surface area contributed by atoms with Gasteiger partial charge < -0.3 is 10.4 Å². The third kappa shape index (κ3) is 5.99. The van der Waals surface area contributed by atoms with Crippen LogP contribution in [0.3, 0.4) is 0 Å². The lowest BCUT2D eigenvalue weighted by Crippen LogP contribution is -2.20. The number of aliphatic hydroxyl groups is 1. The number of nitrogens with zero attached hydrogens (tertiary/aromatic N) is 4. The zero-order valence-electron chi connectivity index (χ0n) is 18.5. The SMILES string of the molecule is Cc1sc(C(=O)c2cncnc2N[C@@H]2C[C@H](COS(C)(=O)=O)[C@@H](O)C2)cc1Cn1cc(Cl)cn1. The standard InChI is InChI=1S/C21H24ClN5O5S2/c1-12-13(8-27-9-15(22)6-25-27)4-19(33-12)20(29)17-7-23-11-24-21(17)26-16-3-14(18(28)5-16)10-32-34(2,30)31/h4,6-7,9,11,14,16,18,28H,3,5,8,10H2,1-2H3,(H,23,24,26)/t14-,16-,18+/m1/s1. The van der Waals surface area contributed by atoms with Crippen LogP contribution in [-0.2, 0) is 20.8 Å². The van der Waals surface area contributed by atoms with Crippen molar-refractivity contribution in [2.45, 2.75) is 38.5 Å². The number of ketones is 1. The van der Waals surface area contributed by atoms with Gasteiger partial charge in [-0.2, -0.15) is 13.5 Å². The first kappa shape index (κ1) is 24.7. The van der Waals surface area contributed by atoms with Crippen molar-refractivity contribution in [2.24, 2.45) is 5.92 Å². The van der Waals surface area contributed by atoms with Crippen LogP contribution in [0.15, 0.2) is 31.0 Å². The van der Waals surface area contributed by atoms with Gasteiger partial charge in [-0.05, 0) is 31.4 Å². The molecule has 0 radical (unpaired) electrons. The Labute approximate surface area is 206 Å². The molecule has 3 heterocycles. The first-order valence-electron chi connectivity index (χ1n) is 10.5. The highest BCUT2D eigenvalue weighted by Gasteiger charge is 2.34. The van der Waals surface area contributed by atoms with Crippen LogP contribution in [-0.4, -0.2) is 64.1 Å². The minimum atomic E-state index is -3.59. The molecular weight excluding hydrogens is 502 g/mol. The van der Waals surface area contributed by atoms with Crippen molar-refractivity contribution in [2.75, 3.05) is 18.2 Å². The second kappa shape index (κ2) is 10.1. The van der Waals surface area contributed by atoms with Crippen molar-refractivity contribution in [1.82, 2.24) is 19.7 Å². The molecule has 0 unspecified atom stereocenters. The van der Waals surface area contributed by atoms with Crippen LogP contribution in [0.4, 0.5) is 5.82 Å². The number of anilines is 1. The van der Waals surface area contributed by atoms with Gasteiger partial charge >= 0.3 is 0 Å². The zero-order valence-corrected chi connectivity index (χ0v) is 20.9. The molecule has 1 saturated carbocycles. The van der Waals surface area contributed by atoms with Gasteiger partial charge in [-0.15, -0.1) is 11.3 Å². The van der Waals surface area contributed by atoms with E-state index in [-0.39, 0.29) is 24.3 Å². The molecule has 34 heavy (non-hydrogen) atoms. The highest BCUT2D eigenvalue weighted by atomic mass is 35.5. The summed E-state index contributed by atoms with van der Waals surface area (Å²) in [5.74, 6) is -0.184. The van der Waals surface area contributed by atoms with Crippen molar-refractivity contribution in [3.8, 4) is 0 Å². The van der Waals surface area contributed by atoms with Gasteiger partial charge in [0.25, 0.3) is 10.1 Å². The predicted molar refractivity (Wildman–Crippen MR) is 128 cm³/mol. The number of hydrogen-bond donors (Lipinski definition) is 2. The molecule has 13 heteroatoms. The zero-order chi connectivity index (χ0) is 24.5. The van der Waals surface area contributed by atoms with Crippen molar-refractivity contribution in [1.29, 1.82) is 0 Å². The fourth-order valence-corrected chi connectivity index (χ4v) is 5.50. The average molecular weight is 526 g/mol. The largest absolute Gasteiger partial charge is 0.393 e. The molecule has 10 nitrogen and oxygen atoms in total. The van der Waals surface area contributed by atoms with Crippen LogP contribution >= 0.6 is 22.9 Å². The molecule has 0 saturated heterocycles. The van der Waals surface area contributed by atoms with Crippen molar-refractivity contribution >= 4 is 44.7 Å². The molecule has 0 bridgehead atoms. The van der Waals surface area contributed by atoms with Gasteiger partial charge in [0.1, 0.15) is 12.1 Å². The Hall–Kier alpha value is -2.38. The minimum Gasteiger partial charge on any atom is -0.393 e. The second-order valence-corrected chi connectivity index (χ2v) is 11.6. The van der Waals surface area contributed by atoms with Crippen LogP contribution in [0.2, 0.25) is 5.02 Å². The molecule has 182 valence electrons. The van der Waals surface area contributed by atoms with Gasteiger partial charge in [0.2, 0.25) is 5.78 Å². The monoisotopic (exact) mass is 525 g/mol. The Bertz CT molecular complexity index is 1290. The smallest absolute Gasteiger partial charge is 0.264 e. The Balaban J connectivity index is 1.47. The molecule has 3 aromatic rings. The number of nitrogens with one attached hydrogen (secondary N) is 1. The maximum absolute atomic E-state index is 13.3. The van der Waals surface area contributed by atoms with Gasteiger partial charge in [0.05, 0.1) is 47.2 Å². The van der Waals surface area contributed by atoms with E-state index in [1.165, 1.54) is 23.9 Å². The van der Waals surface area contributed by atoms with E-state index < -0.39 is 16.2 Å². The molecule has 3 atom stereocenters. The molecule has 3 aromatic heterocycles. The molecule has 0 spiro atoms. The Morgan fingerprint density at radius 2 is 2.18 bits per heavy atom. The highest BCUT2D eigenvalue weighted by Crippen LogP contribution is 2.31. The van der Waals surface area contributed by atoms with E-state index in [0.29, 0.717) is 40.7 Å². The number of thiophene rings is 1. The Morgan fingerprint density at radius 3 is 2.88 bits per heavy atom. The third-order valence-electron chi connectivity index (χ3n) is 5.63. The number of aryl methyl sites for hydroxylation is 1. The van der Waals surface area contributed by atoms with Gasteiger partial charge in [0.15, 0.2) is 0 Å². The summed E-state index contributed by atoms with van der Waals surface area (Å²) in [7, 11) is -3.59. The Morgan fingerprint density at radius 1 is 1.38 bits per heavy atom. The molecule has 0 amide bonds. The number of carbonyl (C=O) groups excluding carboxylic acids is 1. The number of aliphatic hydroxyl groups excluding tert-OH is 1. The normalized spacial score (nSPS) is 20.5. The number of carbonyl (C=O) groups is 1. The van der Waals surface area contributed by atoms with Crippen molar-refractivity contribution in [3.05, 3.63) is 56.9 Å². The molecule has 0 aromatic carbocycles. The molecule has 1 aliphatic rings. The molecule has 2 N–H and O–H groups in total. The summed E-state index contributed by atoms with van der Waals surface area (Å²) in [5, 5.41) is 18.3. The van der Waals surface area contributed by atoms with E-state index in [0.717, 1.165) is 16.7 Å². The van der Waals surface area contributed by atoms with Crippen LogP contribution in [0.25, 0.3) is 0 Å². The third-order valence-corrected chi connectivity index (χ3v) is 7.48. The minimum absolute atomic E-state index is 0.0908.